The van der Waals surface area contributed by atoms with E-state index in [9.17, 15) is 5.11 Å². The number of hydrogen-bond acceptors (Lipinski definition) is 3. The summed E-state index contributed by atoms with van der Waals surface area (Å²) in [6, 6.07) is 8.89. The van der Waals surface area contributed by atoms with E-state index in [1.807, 2.05) is 14.1 Å². The maximum atomic E-state index is 10.6. The van der Waals surface area contributed by atoms with Gasteiger partial charge in [-0.15, -0.1) is 0 Å². The van der Waals surface area contributed by atoms with E-state index < -0.39 is 5.60 Å². The molecule has 0 saturated carbocycles. The van der Waals surface area contributed by atoms with Gasteiger partial charge in [0.15, 0.2) is 0 Å². The van der Waals surface area contributed by atoms with Crippen LogP contribution in [0.15, 0.2) is 30.5 Å². The molecule has 0 amide bonds. The Hall–Kier alpha value is -1.36. The van der Waals surface area contributed by atoms with Gasteiger partial charge in [-0.05, 0) is 50.5 Å². The first-order valence-corrected chi connectivity index (χ1v) is 8.16. The SMILES string of the molecule is CCn1ccc2ccc(CN3CC[C@](O)(CN(C)C)C3)cc21. The van der Waals surface area contributed by atoms with Crippen molar-refractivity contribution >= 4 is 10.9 Å². The lowest BCUT2D eigenvalue weighted by Crippen LogP contribution is -2.42. The van der Waals surface area contributed by atoms with E-state index in [-0.39, 0.29) is 0 Å². The molecule has 1 aliphatic heterocycles. The topological polar surface area (TPSA) is 31.6 Å². The molecular formula is C18H27N3O. The highest BCUT2D eigenvalue weighted by atomic mass is 16.3. The van der Waals surface area contributed by atoms with Gasteiger partial charge in [-0.25, -0.2) is 0 Å². The van der Waals surface area contributed by atoms with Gasteiger partial charge in [0.25, 0.3) is 0 Å². The maximum Gasteiger partial charge on any atom is 0.0912 e. The summed E-state index contributed by atoms with van der Waals surface area (Å²) in [5, 5.41) is 11.9. The number of aryl methyl sites for hydroxylation is 1. The summed E-state index contributed by atoms with van der Waals surface area (Å²) >= 11 is 0. The average molecular weight is 301 g/mol. The van der Waals surface area contributed by atoms with E-state index >= 15 is 0 Å². The van der Waals surface area contributed by atoms with Crippen molar-refractivity contribution in [2.45, 2.75) is 32.0 Å². The zero-order chi connectivity index (χ0) is 15.7. The van der Waals surface area contributed by atoms with Crippen LogP contribution in [0, 0.1) is 0 Å². The van der Waals surface area contributed by atoms with Crippen molar-refractivity contribution in [3.63, 3.8) is 0 Å². The fraction of sp³-hybridized carbons (Fsp3) is 0.556. The molecule has 1 aliphatic rings. The second-order valence-electron chi connectivity index (χ2n) is 6.92. The van der Waals surface area contributed by atoms with Gasteiger partial charge in [0.2, 0.25) is 0 Å². The second kappa shape index (κ2) is 6.03. The fourth-order valence-corrected chi connectivity index (χ4v) is 3.66. The van der Waals surface area contributed by atoms with Crippen LogP contribution in [0.25, 0.3) is 10.9 Å². The summed E-state index contributed by atoms with van der Waals surface area (Å²) in [5.74, 6) is 0. The molecule has 0 bridgehead atoms. The minimum absolute atomic E-state index is 0.558. The van der Waals surface area contributed by atoms with E-state index in [1.54, 1.807) is 0 Å². The predicted molar refractivity (Wildman–Crippen MR) is 91.0 cm³/mol. The number of β-amino-alcohol motifs (C(OH)–C–C–N with tert-alkyl or cyclic N) is 1. The molecule has 4 heteroatoms. The van der Waals surface area contributed by atoms with Crippen molar-refractivity contribution in [3.05, 3.63) is 36.0 Å². The monoisotopic (exact) mass is 301 g/mol. The first-order valence-electron chi connectivity index (χ1n) is 8.16. The number of hydrogen-bond donors (Lipinski definition) is 1. The van der Waals surface area contributed by atoms with Crippen LogP contribution >= 0.6 is 0 Å². The summed E-state index contributed by atoms with van der Waals surface area (Å²) in [6.45, 7) is 6.56. The van der Waals surface area contributed by atoms with E-state index in [4.69, 9.17) is 0 Å². The predicted octanol–water partition coefficient (Wildman–Crippen LogP) is 2.16. The summed E-state index contributed by atoms with van der Waals surface area (Å²) in [5.41, 5.74) is 2.08. The quantitative estimate of drug-likeness (QED) is 0.918. The third kappa shape index (κ3) is 3.19. The minimum Gasteiger partial charge on any atom is -0.387 e. The Morgan fingerprint density at radius 1 is 1.27 bits per heavy atom. The average Bonchev–Trinajstić information content (AvgIpc) is 3.01. The molecule has 22 heavy (non-hydrogen) atoms. The zero-order valence-corrected chi connectivity index (χ0v) is 13.9. The molecule has 1 aromatic heterocycles. The van der Waals surface area contributed by atoms with Crippen LogP contribution < -0.4 is 0 Å². The van der Waals surface area contributed by atoms with Gasteiger partial charge in [0.05, 0.1) is 5.60 Å². The number of rotatable bonds is 5. The summed E-state index contributed by atoms with van der Waals surface area (Å²) < 4.78 is 2.28. The summed E-state index contributed by atoms with van der Waals surface area (Å²) in [6.07, 6.45) is 3.01. The standard InChI is InChI=1S/C18H27N3O/c1-4-21-9-7-16-6-5-15(11-17(16)21)12-20-10-8-18(22,14-20)13-19(2)3/h5-7,9,11,22H,4,8,10,12-14H2,1-3H3/t18-/m0/s1. The Balaban J connectivity index is 1.71. The molecule has 1 saturated heterocycles. The maximum absolute atomic E-state index is 10.6. The molecule has 0 aliphatic carbocycles. The number of benzene rings is 1. The highest BCUT2D eigenvalue weighted by molar-refractivity contribution is 5.80. The molecule has 1 fully saturated rings. The smallest absolute Gasteiger partial charge is 0.0912 e. The van der Waals surface area contributed by atoms with Gasteiger partial charge >= 0.3 is 0 Å². The number of likely N-dealkylation sites (N-methyl/N-ethyl adjacent to an activating group) is 1. The van der Waals surface area contributed by atoms with Crippen LogP contribution in [-0.2, 0) is 13.1 Å². The lowest BCUT2D eigenvalue weighted by Gasteiger charge is -2.26. The van der Waals surface area contributed by atoms with Crippen LogP contribution in [-0.4, -0.2) is 58.8 Å². The van der Waals surface area contributed by atoms with Crippen LogP contribution in [0.1, 0.15) is 18.9 Å². The highest BCUT2D eigenvalue weighted by Crippen LogP contribution is 2.25. The second-order valence-corrected chi connectivity index (χ2v) is 6.92. The number of aromatic nitrogens is 1. The van der Waals surface area contributed by atoms with E-state index in [1.165, 1.54) is 16.5 Å². The van der Waals surface area contributed by atoms with Crippen molar-refractivity contribution in [1.82, 2.24) is 14.4 Å². The lowest BCUT2D eigenvalue weighted by atomic mass is 10.0. The molecule has 1 atom stereocenters. The minimum atomic E-state index is -0.558. The van der Waals surface area contributed by atoms with Gasteiger partial charge < -0.3 is 14.6 Å². The molecule has 120 valence electrons. The van der Waals surface area contributed by atoms with Crippen molar-refractivity contribution in [3.8, 4) is 0 Å². The van der Waals surface area contributed by atoms with Gasteiger partial charge in [0, 0.05) is 44.4 Å². The molecule has 2 aromatic rings. The molecule has 3 rings (SSSR count). The Morgan fingerprint density at radius 3 is 2.82 bits per heavy atom. The highest BCUT2D eigenvalue weighted by Gasteiger charge is 2.36. The molecule has 1 aromatic carbocycles. The Bertz CT molecular complexity index is 649. The van der Waals surface area contributed by atoms with Crippen molar-refractivity contribution in [2.75, 3.05) is 33.7 Å². The molecule has 0 spiro atoms. The molecule has 2 heterocycles. The van der Waals surface area contributed by atoms with E-state index in [2.05, 4.69) is 51.8 Å². The fourth-order valence-electron chi connectivity index (χ4n) is 3.66. The van der Waals surface area contributed by atoms with E-state index in [0.717, 1.165) is 39.1 Å². The van der Waals surface area contributed by atoms with Gasteiger partial charge in [0.1, 0.15) is 0 Å². The summed E-state index contributed by atoms with van der Waals surface area (Å²) in [4.78, 5) is 4.44. The third-order valence-corrected chi connectivity index (χ3v) is 4.61. The first-order chi connectivity index (χ1) is 10.5. The Morgan fingerprint density at radius 2 is 2.09 bits per heavy atom. The Kier molecular flexibility index (Phi) is 4.26. The third-order valence-electron chi connectivity index (χ3n) is 4.61. The number of fused-ring (bicyclic) bond motifs is 1. The number of aliphatic hydroxyl groups is 1. The number of nitrogens with zero attached hydrogens (tertiary/aromatic N) is 3. The van der Waals surface area contributed by atoms with Crippen LogP contribution in [0.2, 0.25) is 0 Å². The normalized spacial score (nSPS) is 23.0. The van der Waals surface area contributed by atoms with Gasteiger partial charge in [-0.1, -0.05) is 12.1 Å². The lowest BCUT2D eigenvalue weighted by molar-refractivity contribution is 0.0240. The zero-order valence-electron chi connectivity index (χ0n) is 13.9. The van der Waals surface area contributed by atoms with Crippen LogP contribution in [0.3, 0.4) is 0 Å². The summed E-state index contributed by atoms with van der Waals surface area (Å²) in [7, 11) is 4.04. The molecule has 1 N–H and O–H groups in total. The van der Waals surface area contributed by atoms with Crippen molar-refractivity contribution < 1.29 is 5.11 Å². The van der Waals surface area contributed by atoms with E-state index in [0.29, 0.717) is 0 Å². The molecule has 0 unspecified atom stereocenters. The van der Waals surface area contributed by atoms with Gasteiger partial charge in [-0.3, -0.25) is 4.90 Å². The Labute approximate surface area is 132 Å². The van der Waals surface area contributed by atoms with Gasteiger partial charge in [-0.2, -0.15) is 0 Å². The molecule has 0 radical (unpaired) electrons. The largest absolute Gasteiger partial charge is 0.387 e. The van der Waals surface area contributed by atoms with Crippen LogP contribution in [0.5, 0.6) is 0 Å². The first kappa shape index (κ1) is 15.5. The van der Waals surface area contributed by atoms with Crippen LogP contribution in [0.4, 0.5) is 0 Å². The number of likely N-dealkylation sites (tertiary alicyclic amines) is 1. The molecular weight excluding hydrogens is 274 g/mol. The van der Waals surface area contributed by atoms with Crippen molar-refractivity contribution in [2.24, 2.45) is 0 Å². The van der Waals surface area contributed by atoms with Crippen molar-refractivity contribution in [1.29, 1.82) is 0 Å². The molecule has 4 nitrogen and oxygen atoms in total.